The van der Waals surface area contributed by atoms with E-state index in [1.54, 1.807) is 24.3 Å². The Hall–Kier alpha value is -2.04. The average Bonchev–Trinajstić information content (AvgIpc) is 2.36. The maximum absolute atomic E-state index is 11.5. The van der Waals surface area contributed by atoms with Gasteiger partial charge in [-0.2, -0.15) is 0 Å². The summed E-state index contributed by atoms with van der Waals surface area (Å²) in [5.74, 6) is -0.471. The Balaban J connectivity index is 2.58. The van der Waals surface area contributed by atoms with E-state index in [-0.39, 0.29) is 24.1 Å². The van der Waals surface area contributed by atoms with Crippen molar-refractivity contribution in [1.29, 1.82) is 0 Å². The molecule has 1 rings (SSSR count). The van der Waals surface area contributed by atoms with Gasteiger partial charge in [-0.25, -0.2) is 0 Å². The normalized spacial score (nSPS) is 11.7. The molecule has 0 heterocycles. The third-order valence-corrected chi connectivity index (χ3v) is 2.53. The molecule has 1 atom stereocenters. The fourth-order valence-corrected chi connectivity index (χ4v) is 1.36. The van der Waals surface area contributed by atoms with Crippen LogP contribution in [0.2, 0.25) is 0 Å². The number of nitrogens with one attached hydrogen (secondary N) is 1. The summed E-state index contributed by atoms with van der Waals surface area (Å²) in [6.45, 7) is 3.76. The first kappa shape index (κ1) is 14.0. The van der Waals surface area contributed by atoms with E-state index in [0.29, 0.717) is 5.75 Å². The Morgan fingerprint density at radius 2 is 2.06 bits per heavy atom. The average molecular weight is 250 g/mol. The number of rotatable bonds is 6. The van der Waals surface area contributed by atoms with Crippen molar-refractivity contribution in [2.24, 2.45) is 5.73 Å². The van der Waals surface area contributed by atoms with Crippen LogP contribution in [0.25, 0.3) is 0 Å². The topological polar surface area (TPSA) is 81.4 Å². The molecule has 0 aliphatic heterocycles. The number of hydrogen-bond donors (Lipinski definition) is 2. The number of hydrogen-bond acceptors (Lipinski definition) is 3. The Morgan fingerprint density at radius 1 is 1.39 bits per heavy atom. The lowest BCUT2D eigenvalue weighted by Gasteiger charge is -2.13. The van der Waals surface area contributed by atoms with Crippen LogP contribution < -0.4 is 15.8 Å². The SMILES string of the molecule is CC[C@H](C)NC(=O)COc1ccccc1C(N)=O. The summed E-state index contributed by atoms with van der Waals surface area (Å²) in [6, 6.07) is 6.67. The zero-order valence-corrected chi connectivity index (χ0v) is 10.6. The highest BCUT2D eigenvalue weighted by atomic mass is 16.5. The van der Waals surface area contributed by atoms with Crippen molar-refractivity contribution >= 4 is 11.8 Å². The number of benzene rings is 1. The van der Waals surface area contributed by atoms with Gasteiger partial charge in [0.25, 0.3) is 11.8 Å². The molecule has 0 unspecified atom stereocenters. The summed E-state index contributed by atoms with van der Waals surface area (Å²) < 4.78 is 5.29. The van der Waals surface area contributed by atoms with E-state index in [2.05, 4.69) is 5.32 Å². The summed E-state index contributed by atoms with van der Waals surface area (Å²) >= 11 is 0. The first-order chi connectivity index (χ1) is 8.54. The molecule has 0 saturated carbocycles. The predicted octanol–water partition coefficient (Wildman–Crippen LogP) is 1.08. The number of carbonyl (C=O) groups is 2. The number of primary amides is 1. The van der Waals surface area contributed by atoms with Crippen LogP contribution >= 0.6 is 0 Å². The standard InChI is InChI=1S/C13H18N2O3/c1-3-9(2)15-12(16)8-18-11-7-5-4-6-10(11)13(14)17/h4-7,9H,3,8H2,1-2H3,(H2,14,17)(H,15,16)/t9-/m0/s1. The molecule has 0 aliphatic rings. The van der Waals surface area contributed by atoms with Gasteiger partial charge < -0.3 is 15.8 Å². The number of para-hydroxylation sites is 1. The first-order valence-electron chi connectivity index (χ1n) is 5.85. The molecule has 2 amide bonds. The molecule has 18 heavy (non-hydrogen) atoms. The molecule has 1 aromatic rings. The van der Waals surface area contributed by atoms with E-state index in [9.17, 15) is 9.59 Å². The Bertz CT molecular complexity index is 432. The molecular weight excluding hydrogens is 232 g/mol. The van der Waals surface area contributed by atoms with Gasteiger partial charge in [0, 0.05) is 6.04 Å². The molecule has 1 aromatic carbocycles. The highest BCUT2D eigenvalue weighted by Crippen LogP contribution is 2.16. The van der Waals surface area contributed by atoms with Crippen LogP contribution in [0.3, 0.4) is 0 Å². The zero-order chi connectivity index (χ0) is 13.5. The lowest BCUT2D eigenvalue weighted by atomic mass is 10.2. The number of ether oxygens (including phenoxy) is 1. The van der Waals surface area contributed by atoms with Crippen LogP contribution in [-0.2, 0) is 4.79 Å². The first-order valence-corrected chi connectivity index (χ1v) is 5.85. The lowest BCUT2D eigenvalue weighted by Crippen LogP contribution is -2.35. The third-order valence-electron chi connectivity index (χ3n) is 2.53. The van der Waals surface area contributed by atoms with Gasteiger partial charge in [0.15, 0.2) is 6.61 Å². The third kappa shape index (κ3) is 4.08. The molecule has 0 fully saturated rings. The minimum Gasteiger partial charge on any atom is -0.483 e. The van der Waals surface area contributed by atoms with Crippen LogP contribution in [-0.4, -0.2) is 24.5 Å². The summed E-state index contributed by atoms with van der Waals surface area (Å²) in [5.41, 5.74) is 5.48. The summed E-state index contributed by atoms with van der Waals surface area (Å²) in [5, 5.41) is 2.77. The second kappa shape index (κ2) is 6.64. The monoisotopic (exact) mass is 250 g/mol. The van der Waals surface area contributed by atoms with E-state index < -0.39 is 5.91 Å². The van der Waals surface area contributed by atoms with Gasteiger partial charge in [-0.05, 0) is 25.5 Å². The van der Waals surface area contributed by atoms with E-state index in [0.717, 1.165) is 6.42 Å². The number of nitrogens with two attached hydrogens (primary N) is 1. The van der Waals surface area contributed by atoms with Crippen LogP contribution in [0.15, 0.2) is 24.3 Å². The van der Waals surface area contributed by atoms with Crippen molar-refractivity contribution in [3.8, 4) is 5.75 Å². The molecular formula is C13H18N2O3. The molecule has 0 aromatic heterocycles. The summed E-state index contributed by atoms with van der Waals surface area (Å²) in [7, 11) is 0. The van der Waals surface area contributed by atoms with Gasteiger partial charge in [0.2, 0.25) is 0 Å². The Labute approximate surface area is 106 Å². The van der Waals surface area contributed by atoms with Gasteiger partial charge in [0.05, 0.1) is 5.56 Å². The van der Waals surface area contributed by atoms with Gasteiger partial charge in [0.1, 0.15) is 5.75 Å². The maximum atomic E-state index is 11.5. The van der Waals surface area contributed by atoms with Crippen molar-refractivity contribution in [1.82, 2.24) is 5.32 Å². The molecule has 0 aliphatic carbocycles. The second-order valence-corrected chi connectivity index (χ2v) is 4.03. The summed E-state index contributed by atoms with van der Waals surface area (Å²) in [4.78, 5) is 22.6. The fraction of sp³-hybridized carbons (Fsp3) is 0.385. The quantitative estimate of drug-likeness (QED) is 0.792. The number of carbonyl (C=O) groups excluding carboxylic acids is 2. The van der Waals surface area contributed by atoms with Crippen molar-refractivity contribution in [2.75, 3.05) is 6.61 Å². The van der Waals surface area contributed by atoms with Crippen LogP contribution in [0.5, 0.6) is 5.75 Å². The fourth-order valence-electron chi connectivity index (χ4n) is 1.36. The largest absolute Gasteiger partial charge is 0.483 e. The zero-order valence-electron chi connectivity index (χ0n) is 10.6. The molecule has 0 bridgehead atoms. The van der Waals surface area contributed by atoms with Crippen molar-refractivity contribution in [3.05, 3.63) is 29.8 Å². The van der Waals surface area contributed by atoms with E-state index in [1.807, 2.05) is 13.8 Å². The van der Waals surface area contributed by atoms with E-state index in [4.69, 9.17) is 10.5 Å². The van der Waals surface area contributed by atoms with Crippen molar-refractivity contribution in [3.63, 3.8) is 0 Å². The highest BCUT2D eigenvalue weighted by molar-refractivity contribution is 5.95. The molecule has 0 spiro atoms. The van der Waals surface area contributed by atoms with Gasteiger partial charge in [-0.15, -0.1) is 0 Å². The maximum Gasteiger partial charge on any atom is 0.258 e. The molecule has 0 radical (unpaired) electrons. The van der Waals surface area contributed by atoms with Crippen molar-refractivity contribution < 1.29 is 14.3 Å². The van der Waals surface area contributed by atoms with E-state index in [1.165, 1.54) is 0 Å². The van der Waals surface area contributed by atoms with Crippen LogP contribution in [0.1, 0.15) is 30.6 Å². The van der Waals surface area contributed by atoms with Crippen LogP contribution in [0, 0.1) is 0 Å². The molecule has 98 valence electrons. The van der Waals surface area contributed by atoms with Gasteiger partial charge >= 0.3 is 0 Å². The molecule has 5 heteroatoms. The summed E-state index contributed by atoms with van der Waals surface area (Å²) in [6.07, 6.45) is 0.851. The second-order valence-electron chi connectivity index (χ2n) is 4.03. The Kier molecular flexibility index (Phi) is 5.17. The minimum absolute atomic E-state index is 0.104. The minimum atomic E-state index is -0.576. The van der Waals surface area contributed by atoms with Crippen molar-refractivity contribution in [2.45, 2.75) is 26.3 Å². The lowest BCUT2D eigenvalue weighted by molar-refractivity contribution is -0.123. The molecule has 3 N–H and O–H groups in total. The van der Waals surface area contributed by atoms with Gasteiger partial charge in [-0.1, -0.05) is 19.1 Å². The number of amides is 2. The highest BCUT2D eigenvalue weighted by Gasteiger charge is 2.11. The molecule has 5 nitrogen and oxygen atoms in total. The van der Waals surface area contributed by atoms with Gasteiger partial charge in [-0.3, -0.25) is 9.59 Å². The van der Waals surface area contributed by atoms with Crippen LogP contribution in [0.4, 0.5) is 0 Å². The Morgan fingerprint density at radius 3 is 2.67 bits per heavy atom. The predicted molar refractivity (Wildman–Crippen MR) is 68.4 cm³/mol. The molecule has 0 saturated heterocycles. The van der Waals surface area contributed by atoms with E-state index >= 15 is 0 Å². The smallest absolute Gasteiger partial charge is 0.258 e.